The fourth-order valence-corrected chi connectivity index (χ4v) is 3.93. The van der Waals surface area contributed by atoms with E-state index in [1.807, 2.05) is 11.8 Å². The lowest BCUT2D eigenvalue weighted by Gasteiger charge is -2.29. The Morgan fingerprint density at radius 2 is 2.17 bits per heavy atom. The monoisotopic (exact) mass is 377 g/mol. The van der Waals surface area contributed by atoms with Crippen LogP contribution in [0.5, 0.6) is 0 Å². The Labute approximate surface area is 125 Å². The standard InChI is InChI=1S/C12H16IN3OS/c1-8-7-18-11-10(8)14-9(6-13)15-12(11)16-2-4-17-5-3-16/h8H,2-7H2,1H3. The van der Waals surface area contributed by atoms with Gasteiger partial charge in [-0.2, -0.15) is 0 Å². The molecule has 98 valence electrons. The van der Waals surface area contributed by atoms with Gasteiger partial charge in [0.2, 0.25) is 0 Å². The minimum atomic E-state index is 0.550. The lowest BCUT2D eigenvalue weighted by atomic mass is 10.1. The number of halogens is 1. The van der Waals surface area contributed by atoms with Crippen molar-refractivity contribution in [3.8, 4) is 0 Å². The largest absolute Gasteiger partial charge is 0.378 e. The van der Waals surface area contributed by atoms with Crippen LogP contribution in [-0.4, -0.2) is 42.0 Å². The molecule has 0 aromatic carbocycles. The minimum Gasteiger partial charge on any atom is -0.378 e. The van der Waals surface area contributed by atoms with Crippen LogP contribution >= 0.6 is 34.4 Å². The van der Waals surface area contributed by atoms with Crippen LogP contribution in [0.3, 0.4) is 0 Å². The van der Waals surface area contributed by atoms with Gasteiger partial charge in [-0.1, -0.05) is 29.5 Å². The average Bonchev–Trinajstić information content (AvgIpc) is 2.80. The van der Waals surface area contributed by atoms with Gasteiger partial charge in [-0.15, -0.1) is 11.8 Å². The lowest BCUT2D eigenvalue weighted by molar-refractivity contribution is 0.122. The molecule has 1 fully saturated rings. The number of thioether (sulfide) groups is 1. The molecule has 0 spiro atoms. The SMILES string of the molecule is CC1CSc2c1nc(CI)nc2N1CCOCC1. The highest BCUT2D eigenvalue weighted by Crippen LogP contribution is 2.43. The smallest absolute Gasteiger partial charge is 0.146 e. The highest BCUT2D eigenvalue weighted by molar-refractivity contribution is 14.1. The van der Waals surface area contributed by atoms with E-state index >= 15 is 0 Å². The molecule has 6 heteroatoms. The zero-order valence-electron chi connectivity index (χ0n) is 10.4. The van der Waals surface area contributed by atoms with Crippen LogP contribution in [0.4, 0.5) is 5.82 Å². The summed E-state index contributed by atoms with van der Waals surface area (Å²) in [6.07, 6.45) is 0. The maximum absolute atomic E-state index is 5.42. The number of alkyl halides is 1. The van der Waals surface area contributed by atoms with Gasteiger partial charge in [0.25, 0.3) is 0 Å². The van der Waals surface area contributed by atoms with Gasteiger partial charge in [0.05, 0.1) is 28.2 Å². The van der Waals surface area contributed by atoms with E-state index in [1.54, 1.807) is 0 Å². The summed E-state index contributed by atoms with van der Waals surface area (Å²) >= 11 is 4.24. The first-order valence-electron chi connectivity index (χ1n) is 6.22. The Balaban J connectivity index is 2.01. The molecule has 1 saturated heterocycles. The Morgan fingerprint density at radius 1 is 1.39 bits per heavy atom. The molecule has 3 heterocycles. The van der Waals surface area contributed by atoms with E-state index in [-0.39, 0.29) is 0 Å². The number of fused-ring (bicyclic) bond motifs is 1. The number of rotatable bonds is 2. The summed E-state index contributed by atoms with van der Waals surface area (Å²) < 4.78 is 6.30. The fraction of sp³-hybridized carbons (Fsp3) is 0.667. The zero-order valence-corrected chi connectivity index (χ0v) is 13.3. The molecule has 1 aromatic heterocycles. The number of hydrogen-bond acceptors (Lipinski definition) is 5. The molecule has 1 aromatic rings. The molecule has 3 rings (SSSR count). The Morgan fingerprint density at radius 3 is 2.89 bits per heavy atom. The van der Waals surface area contributed by atoms with E-state index in [0.29, 0.717) is 5.92 Å². The van der Waals surface area contributed by atoms with Crippen molar-refractivity contribution >= 4 is 40.2 Å². The van der Waals surface area contributed by atoms with Gasteiger partial charge in [-0.3, -0.25) is 0 Å². The molecule has 4 nitrogen and oxygen atoms in total. The molecule has 0 N–H and O–H groups in total. The molecule has 0 bridgehead atoms. The first-order chi connectivity index (χ1) is 8.79. The number of aromatic nitrogens is 2. The van der Waals surface area contributed by atoms with E-state index in [1.165, 1.54) is 10.6 Å². The highest BCUT2D eigenvalue weighted by Gasteiger charge is 2.28. The molecule has 2 aliphatic heterocycles. The Kier molecular flexibility index (Phi) is 3.95. The maximum Gasteiger partial charge on any atom is 0.146 e. The van der Waals surface area contributed by atoms with Gasteiger partial charge in [-0.05, 0) is 0 Å². The average molecular weight is 377 g/mol. The molecular weight excluding hydrogens is 361 g/mol. The summed E-state index contributed by atoms with van der Waals surface area (Å²) in [6.45, 7) is 5.75. The van der Waals surface area contributed by atoms with E-state index in [9.17, 15) is 0 Å². The van der Waals surface area contributed by atoms with Gasteiger partial charge >= 0.3 is 0 Å². The van der Waals surface area contributed by atoms with Crippen LogP contribution in [-0.2, 0) is 9.16 Å². The van der Waals surface area contributed by atoms with E-state index in [2.05, 4.69) is 34.4 Å². The number of nitrogens with zero attached hydrogens (tertiary/aromatic N) is 3. The third-order valence-corrected chi connectivity index (χ3v) is 5.32. The van der Waals surface area contributed by atoms with Gasteiger partial charge < -0.3 is 9.64 Å². The maximum atomic E-state index is 5.42. The van der Waals surface area contributed by atoms with Crippen molar-refractivity contribution < 1.29 is 4.74 Å². The van der Waals surface area contributed by atoms with Gasteiger partial charge in [-0.25, -0.2) is 9.97 Å². The van der Waals surface area contributed by atoms with Crippen molar-refractivity contribution in [1.29, 1.82) is 0 Å². The summed E-state index contributed by atoms with van der Waals surface area (Å²) in [7, 11) is 0. The molecule has 1 atom stereocenters. The van der Waals surface area contributed by atoms with Crippen molar-refractivity contribution in [3.63, 3.8) is 0 Å². The predicted octanol–water partition coefficient (Wildman–Crippen LogP) is 2.46. The van der Waals surface area contributed by atoms with Crippen LogP contribution in [0.15, 0.2) is 4.90 Å². The summed E-state index contributed by atoms with van der Waals surface area (Å²) in [5, 5.41) is 0. The first-order valence-corrected chi connectivity index (χ1v) is 8.73. The van der Waals surface area contributed by atoms with Crippen molar-refractivity contribution in [2.24, 2.45) is 0 Å². The Bertz CT molecular complexity index is 451. The van der Waals surface area contributed by atoms with Crippen LogP contribution in [0, 0.1) is 0 Å². The molecule has 0 saturated carbocycles. The molecule has 1 unspecified atom stereocenters. The highest BCUT2D eigenvalue weighted by atomic mass is 127. The second-order valence-electron chi connectivity index (χ2n) is 4.62. The molecule has 0 radical (unpaired) electrons. The summed E-state index contributed by atoms with van der Waals surface area (Å²) in [5.74, 6) is 3.79. The van der Waals surface area contributed by atoms with Crippen LogP contribution < -0.4 is 4.90 Å². The second-order valence-corrected chi connectivity index (χ2v) is 6.42. The molecule has 0 aliphatic carbocycles. The summed E-state index contributed by atoms with van der Waals surface area (Å²) in [4.78, 5) is 13.1. The van der Waals surface area contributed by atoms with Gasteiger partial charge in [0.15, 0.2) is 0 Å². The quantitative estimate of drug-likeness (QED) is 0.585. The second kappa shape index (κ2) is 5.50. The van der Waals surface area contributed by atoms with E-state index in [0.717, 1.165) is 48.1 Å². The summed E-state index contributed by atoms with van der Waals surface area (Å²) in [5.41, 5.74) is 1.25. The minimum absolute atomic E-state index is 0.550. The van der Waals surface area contributed by atoms with E-state index in [4.69, 9.17) is 14.7 Å². The predicted molar refractivity (Wildman–Crippen MR) is 81.9 cm³/mol. The molecule has 18 heavy (non-hydrogen) atoms. The third-order valence-electron chi connectivity index (χ3n) is 3.29. The van der Waals surface area contributed by atoms with Gasteiger partial charge in [0, 0.05) is 24.8 Å². The number of anilines is 1. The third kappa shape index (κ3) is 2.34. The van der Waals surface area contributed by atoms with E-state index < -0.39 is 0 Å². The molecule has 0 amide bonds. The van der Waals surface area contributed by atoms with Crippen LogP contribution in [0.2, 0.25) is 0 Å². The van der Waals surface area contributed by atoms with Gasteiger partial charge in [0.1, 0.15) is 11.6 Å². The Hall–Kier alpha value is -0.0800. The van der Waals surface area contributed by atoms with Crippen LogP contribution in [0.25, 0.3) is 0 Å². The van der Waals surface area contributed by atoms with Crippen molar-refractivity contribution in [2.45, 2.75) is 22.2 Å². The normalized spacial score (nSPS) is 23.2. The van der Waals surface area contributed by atoms with Crippen molar-refractivity contribution in [3.05, 3.63) is 11.5 Å². The zero-order chi connectivity index (χ0) is 12.5. The van der Waals surface area contributed by atoms with Crippen LogP contribution in [0.1, 0.15) is 24.4 Å². The molecular formula is C12H16IN3OS. The first kappa shape index (κ1) is 12.9. The number of morpholine rings is 1. The topological polar surface area (TPSA) is 38.2 Å². The lowest BCUT2D eigenvalue weighted by Crippen LogP contribution is -2.37. The van der Waals surface area contributed by atoms with Crippen molar-refractivity contribution in [1.82, 2.24) is 9.97 Å². The number of ether oxygens (including phenoxy) is 1. The molecule has 2 aliphatic rings. The summed E-state index contributed by atoms with van der Waals surface area (Å²) in [6, 6.07) is 0. The number of hydrogen-bond donors (Lipinski definition) is 0. The van der Waals surface area contributed by atoms with Crippen molar-refractivity contribution in [2.75, 3.05) is 37.0 Å². The fourth-order valence-electron chi connectivity index (χ4n) is 2.31.